The van der Waals surface area contributed by atoms with Crippen molar-refractivity contribution in [2.75, 3.05) is 32.8 Å². The summed E-state index contributed by atoms with van der Waals surface area (Å²) in [6, 6.07) is 0. The topological polar surface area (TPSA) is 74.3 Å². The van der Waals surface area contributed by atoms with Crippen LogP contribution in [0.5, 0.6) is 0 Å². The molecular weight excluding hydrogens is 290 g/mol. The number of aliphatic imine (C=N–C) groups is 1. The molecule has 23 heavy (non-hydrogen) atoms. The van der Waals surface area contributed by atoms with E-state index >= 15 is 0 Å². The first-order valence-electron chi connectivity index (χ1n) is 8.88. The van der Waals surface area contributed by atoms with Gasteiger partial charge in [-0.1, -0.05) is 0 Å². The second kappa shape index (κ2) is 10.3. The average molecular weight is 321 g/mol. The lowest BCUT2D eigenvalue weighted by Gasteiger charge is -2.11. The highest BCUT2D eigenvalue weighted by Crippen LogP contribution is 2.28. The molecular formula is C17H31N5O. The molecule has 0 unspecified atom stereocenters. The maximum atomic E-state index is 5.64. The van der Waals surface area contributed by atoms with Gasteiger partial charge in [-0.05, 0) is 57.4 Å². The van der Waals surface area contributed by atoms with Gasteiger partial charge in [0.1, 0.15) is 0 Å². The van der Waals surface area contributed by atoms with Crippen LogP contribution in [0.2, 0.25) is 0 Å². The van der Waals surface area contributed by atoms with Crippen molar-refractivity contribution < 1.29 is 4.74 Å². The van der Waals surface area contributed by atoms with Gasteiger partial charge in [0.2, 0.25) is 0 Å². The SMILES string of the molecule is CCNC(=NCCCc1cn[nH]c1C)NCCCOCC1CC1. The zero-order chi connectivity index (χ0) is 16.3. The first-order valence-corrected chi connectivity index (χ1v) is 8.88. The van der Waals surface area contributed by atoms with E-state index in [1.807, 2.05) is 6.20 Å². The van der Waals surface area contributed by atoms with Gasteiger partial charge in [0, 0.05) is 38.5 Å². The number of hydrogen-bond donors (Lipinski definition) is 3. The molecule has 0 spiro atoms. The van der Waals surface area contributed by atoms with Gasteiger partial charge in [0.15, 0.2) is 5.96 Å². The summed E-state index contributed by atoms with van der Waals surface area (Å²) in [7, 11) is 0. The number of nitrogens with zero attached hydrogens (tertiary/aromatic N) is 2. The maximum Gasteiger partial charge on any atom is 0.191 e. The molecule has 1 aromatic heterocycles. The maximum absolute atomic E-state index is 5.64. The van der Waals surface area contributed by atoms with E-state index in [1.165, 1.54) is 18.4 Å². The van der Waals surface area contributed by atoms with Crippen LogP contribution in [-0.2, 0) is 11.2 Å². The van der Waals surface area contributed by atoms with Crippen molar-refractivity contribution in [3.05, 3.63) is 17.5 Å². The van der Waals surface area contributed by atoms with Crippen LogP contribution in [-0.4, -0.2) is 49.0 Å². The van der Waals surface area contributed by atoms with E-state index in [1.54, 1.807) is 0 Å². The largest absolute Gasteiger partial charge is 0.381 e. The van der Waals surface area contributed by atoms with Gasteiger partial charge in [-0.3, -0.25) is 10.1 Å². The van der Waals surface area contributed by atoms with E-state index in [9.17, 15) is 0 Å². The second-order valence-corrected chi connectivity index (χ2v) is 6.18. The Kier molecular flexibility index (Phi) is 7.93. The Balaban J connectivity index is 1.56. The number of nitrogens with one attached hydrogen (secondary N) is 3. The smallest absolute Gasteiger partial charge is 0.191 e. The fourth-order valence-electron chi connectivity index (χ4n) is 2.35. The molecule has 6 heteroatoms. The zero-order valence-electron chi connectivity index (χ0n) is 14.5. The third kappa shape index (κ3) is 7.50. The summed E-state index contributed by atoms with van der Waals surface area (Å²) >= 11 is 0. The molecule has 0 aromatic carbocycles. The van der Waals surface area contributed by atoms with Crippen molar-refractivity contribution in [3.63, 3.8) is 0 Å². The molecule has 130 valence electrons. The number of H-pyrrole nitrogens is 1. The van der Waals surface area contributed by atoms with Crippen molar-refractivity contribution in [2.45, 2.75) is 46.0 Å². The monoisotopic (exact) mass is 321 g/mol. The average Bonchev–Trinajstić information content (AvgIpc) is 3.28. The quantitative estimate of drug-likeness (QED) is 0.331. The highest BCUT2D eigenvalue weighted by molar-refractivity contribution is 5.79. The lowest BCUT2D eigenvalue weighted by atomic mass is 10.1. The summed E-state index contributed by atoms with van der Waals surface area (Å²) in [4.78, 5) is 4.62. The summed E-state index contributed by atoms with van der Waals surface area (Å²) in [6.07, 6.45) is 7.68. The van der Waals surface area contributed by atoms with Gasteiger partial charge in [-0.25, -0.2) is 0 Å². The zero-order valence-corrected chi connectivity index (χ0v) is 14.5. The van der Waals surface area contributed by atoms with Gasteiger partial charge < -0.3 is 15.4 Å². The predicted molar refractivity (Wildman–Crippen MR) is 93.8 cm³/mol. The first kappa shape index (κ1) is 17.8. The lowest BCUT2D eigenvalue weighted by molar-refractivity contribution is 0.123. The number of guanidine groups is 1. The third-order valence-electron chi connectivity index (χ3n) is 3.96. The van der Waals surface area contributed by atoms with Crippen LogP contribution in [0.3, 0.4) is 0 Å². The highest BCUT2D eigenvalue weighted by Gasteiger charge is 2.20. The van der Waals surface area contributed by atoms with Crippen LogP contribution in [0.1, 0.15) is 43.9 Å². The van der Waals surface area contributed by atoms with Crippen molar-refractivity contribution in [3.8, 4) is 0 Å². The lowest BCUT2D eigenvalue weighted by Crippen LogP contribution is -2.38. The Morgan fingerprint density at radius 2 is 2.26 bits per heavy atom. The normalized spacial score (nSPS) is 15.0. The molecule has 0 saturated heterocycles. The molecule has 1 aliphatic carbocycles. The number of aromatic amines is 1. The molecule has 1 aliphatic rings. The molecule has 1 heterocycles. The molecule has 2 rings (SSSR count). The predicted octanol–water partition coefficient (Wildman–Crippen LogP) is 2.02. The Morgan fingerprint density at radius 3 is 2.96 bits per heavy atom. The van der Waals surface area contributed by atoms with Gasteiger partial charge >= 0.3 is 0 Å². The molecule has 1 saturated carbocycles. The van der Waals surface area contributed by atoms with Crippen LogP contribution in [0.4, 0.5) is 0 Å². The number of rotatable bonds is 11. The minimum Gasteiger partial charge on any atom is -0.381 e. The molecule has 3 N–H and O–H groups in total. The number of aromatic nitrogens is 2. The summed E-state index contributed by atoms with van der Waals surface area (Å²) in [5.41, 5.74) is 2.44. The summed E-state index contributed by atoms with van der Waals surface area (Å²) in [5.74, 6) is 1.75. The van der Waals surface area contributed by atoms with Crippen LogP contribution in [0.15, 0.2) is 11.2 Å². The van der Waals surface area contributed by atoms with E-state index in [2.05, 4.69) is 39.7 Å². The Hall–Kier alpha value is -1.56. The fourth-order valence-corrected chi connectivity index (χ4v) is 2.35. The van der Waals surface area contributed by atoms with Crippen LogP contribution in [0.25, 0.3) is 0 Å². The second-order valence-electron chi connectivity index (χ2n) is 6.18. The number of ether oxygens (including phenoxy) is 1. The van der Waals surface area contributed by atoms with E-state index in [0.717, 1.165) is 69.7 Å². The Labute approximate surface area is 139 Å². The summed E-state index contributed by atoms with van der Waals surface area (Å²) < 4.78 is 5.64. The first-order chi connectivity index (χ1) is 11.3. The standard InChI is InChI=1S/C17H31N5O/c1-3-18-17(20-10-5-11-23-13-15-7-8-15)19-9-4-6-16-12-21-22-14(16)2/h12,15H,3-11,13H2,1-2H3,(H,21,22)(H2,18,19,20). The van der Waals surface area contributed by atoms with Crippen LogP contribution in [0, 0.1) is 12.8 Å². The summed E-state index contributed by atoms with van der Waals surface area (Å²) in [5, 5.41) is 13.7. The minimum atomic E-state index is 0.818. The Bertz CT molecular complexity index is 467. The van der Waals surface area contributed by atoms with Gasteiger partial charge in [-0.15, -0.1) is 0 Å². The van der Waals surface area contributed by atoms with Crippen LogP contribution < -0.4 is 10.6 Å². The molecule has 0 radical (unpaired) electrons. The minimum absolute atomic E-state index is 0.818. The van der Waals surface area contributed by atoms with Crippen LogP contribution >= 0.6 is 0 Å². The molecule has 0 atom stereocenters. The molecule has 1 fully saturated rings. The van der Waals surface area contributed by atoms with Gasteiger partial charge in [0.05, 0.1) is 6.20 Å². The van der Waals surface area contributed by atoms with E-state index in [-0.39, 0.29) is 0 Å². The number of aryl methyl sites for hydroxylation is 2. The van der Waals surface area contributed by atoms with Crippen molar-refractivity contribution in [1.29, 1.82) is 0 Å². The van der Waals surface area contributed by atoms with E-state index in [4.69, 9.17) is 4.74 Å². The van der Waals surface area contributed by atoms with E-state index < -0.39 is 0 Å². The summed E-state index contributed by atoms with van der Waals surface area (Å²) in [6.45, 7) is 8.53. The molecule has 1 aromatic rings. The van der Waals surface area contributed by atoms with Gasteiger partial charge in [0.25, 0.3) is 0 Å². The fraction of sp³-hybridized carbons (Fsp3) is 0.765. The number of hydrogen-bond acceptors (Lipinski definition) is 3. The van der Waals surface area contributed by atoms with Crippen molar-refractivity contribution in [2.24, 2.45) is 10.9 Å². The molecule has 0 aliphatic heterocycles. The molecule has 6 nitrogen and oxygen atoms in total. The van der Waals surface area contributed by atoms with Gasteiger partial charge in [-0.2, -0.15) is 5.10 Å². The highest BCUT2D eigenvalue weighted by atomic mass is 16.5. The molecule has 0 amide bonds. The Morgan fingerprint density at radius 1 is 1.39 bits per heavy atom. The van der Waals surface area contributed by atoms with Crippen molar-refractivity contribution >= 4 is 5.96 Å². The molecule has 0 bridgehead atoms. The van der Waals surface area contributed by atoms with E-state index in [0.29, 0.717) is 0 Å². The van der Waals surface area contributed by atoms with Crippen molar-refractivity contribution in [1.82, 2.24) is 20.8 Å². The third-order valence-corrected chi connectivity index (χ3v) is 3.96.